The highest BCUT2D eigenvalue weighted by Crippen LogP contribution is 2.31. The molecule has 1 aliphatic heterocycles. The third kappa shape index (κ3) is 3.90. The summed E-state index contributed by atoms with van der Waals surface area (Å²) in [5, 5.41) is 0. The van der Waals surface area contributed by atoms with Gasteiger partial charge in [-0.25, -0.2) is 0 Å². The van der Waals surface area contributed by atoms with Gasteiger partial charge in [0.2, 0.25) is 0 Å². The van der Waals surface area contributed by atoms with E-state index in [1.807, 2.05) is 0 Å². The van der Waals surface area contributed by atoms with Crippen molar-refractivity contribution in [3.63, 3.8) is 0 Å². The highest BCUT2D eigenvalue weighted by Gasteiger charge is 2.30. The van der Waals surface area contributed by atoms with Crippen LogP contribution in [0.25, 0.3) is 0 Å². The molecule has 2 atom stereocenters. The van der Waals surface area contributed by atoms with Crippen LogP contribution in [0.15, 0.2) is 0 Å². The van der Waals surface area contributed by atoms with Crippen molar-refractivity contribution in [2.75, 3.05) is 32.7 Å². The van der Waals surface area contributed by atoms with Crippen molar-refractivity contribution in [2.45, 2.75) is 39.2 Å². The lowest BCUT2D eigenvalue weighted by molar-refractivity contribution is 0.0618. The SMILES string of the molecule is CC1CC(C)CC(N2CCN(CC(N)=S)CC2)C1. The number of rotatable bonds is 3. The third-order valence-electron chi connectivity index (χ3n) is 4.46. The maximum Gasteiger partial charge on any atom is 0.0870 e. The first-order chi connectivity index (χ1) is 8.54. The minimum Gasteiger partial charge on any atom is -0.392 e. The molecule has 0 radical (unpaired) electrons. The molecule has 104 valence electrons. The number of hydrogen-bond donors (Lipinski definition) is 1. The lowest BCUT2D eigenvalue weighted by Gasteiger charge is -2.43. The van der Waals surface area contributed by atoms with Gasteiger partial charge in [0.05, 0.1) is 4.99 Å². The average Bonchev–Trinajstić information content (AvgIpc) is 2.27. The summed E-state index contributed by atoms with van der Waals surface area (Å²) in [4.78, 5) is 5.71. The third-order valence-corrected chi connectivity index (χ3v) is 4.59. The molecule has 1 saturated carbocycles. The molecule has 2 fully saturated rings. The van der Waals surface area contributed by atoms with Gasteiger partial charge < -0.3 is 5.73 Å². The standard InChI is InChI=1S/C14H27N3S/c1-11-7-12(2)9-13(8-11)17-5-3-16(4-6-17)10-14(15)18/h11-13H,3-10H2,1-2H3,(H2,15,18). The molecule has 2 aliphatic rings. The van der Waals surface area contributed by atoms with E-state index in [1.54, 1.807) is 0 Å². The largest absolute Gasteiger partial charge is 0.392 e. The van der Waals surface area contributed by atoms with Crippen LogP contribution < -0.4 is 5.73 Å². The van der Waals surface area contributed by atoms with Gasteiger partial charge in [0.25, 0.3) is 0 Å². The van der Waals surface area contributed by atoms with Gasteiger partial charge in [-0.15, -0.1) is 0 Å². The summed E-state index contributed by atoms with van der Waals surface area (Å²) in [5.74, 6) is 1.79. The van der Waals surface area contributed by atoms with Crippen LogP contribution in [0.5, 0.6) is 0 Å². The van der Waals surface area contributed by atoms with Crippen LogP contribution in [0.1, 0.15) is 33.1 Å². The second-order valence-corrected chi connectivity index (χ2v) is 6.87. The minimum absolute atomic E-state index is 0.628. The predicted molar refractivity (Wildman–Crippen MR) is 80.8 cm³/mol. The van der Waals surface area contributed by atoms with E-state index >= 15 is 0 Å². The second-order valence-electron chi connectivity index (χ2n) is 6.35. The van der Waals surface area contributed by atoms with Crippen molar-refractivity contribution in [3.05, 3.63) is 0 Å². The summed E-state index contributed by atoms with van der Waals surface area (Å²) in [5.41, 5.74) is 5.61. The maximum atomic E-state index is 5.61. The lowest BCUT2D eigenvalue weighted by Crippen LogP contribution is -2.53. The van der Waals surface area contributed by atoms with Crippen LogP contribution in [-0.2, 0) is 0 Å². The van der Waals surface area contributed by atoms with Gasteiger partial charge in [-0.1, -0.05) is 26.1 Å². The Morgan fingerprint density at radius 2 is 1.61 bits per heavy atom. The fourth-order valence-corrected chi connectivity index (χ4v) is 3.89. The van der Waals surface area contributed by atoms with Gasteiger partial charge >= 0.3 is 0 Å². The number of nitrogens with zero attached hydrogens (tertiary/aromatic N) is 2. The lowest BCUT2D eigenvalue weighted by atomic mass is 9.79. The molecule has 0 aromatic carbocycles. The first-order valence-corrected chi connectivity index (χ1v) is 7.70. The zero-order valence-corrected chi connectivity index (χ0v) is 12.6. The van der Waals surface area contributed by atoms with Gasteiger partial charge in [0.15, 0.2) is 0 Å². The molecule has 1 aliphatic carbocycles. The molecule has 2 rings (SSSR count). The topological polar surface area (TPSA) is 32.5 Å². The number of piperazine rings is 1. The molecular formula is C14H27N3S. The van der Waals surface area contributed by atoms with Gasteiger partial charge in [0, 0.05) is 38.8 Å². The normalized spacial score (nSPS) is 35.6. The zero-order valence-electron chi connectivity index (χ0n) is 11.8. The molecule has 0 aromatic rings. The van der Waals surface area contributed by atoms with E-state index in [1.165, 1.54) is 32.4 Å². The van der Waals surface area contributed by atoms with Crippen molar-refractivity contribution in [2.24, 2.45) is 17.6 Å². The summed E-state index contributed by atoms with van der Waals surface area (Å²) >= 11 is 4.98. The summed E-state index contributed by atoms with van der Waals surface area (Å²) in [6.07, 6.45) is 4.19. The quantitative estimate of drug-likeness (QED) is 0.791. The molecule has 1 saturated heterocycles. The zero-order chi connectivity index (χ0) is 13.1. The van der Waals surface area contributed by atoms with Gasteiger partial charge in [-0.05, 0) is 31.1 Å². The molecule has 4 heteroatoms. The van der Waals surface area contributed by atoms with Crippen molar-refractivity contribution < 1.29 is 0 Å². The van der Waals surface area contributed by atoms with Crippen LogP contribution in [0.2, 0.25) is 0 Å². The average molecular weight is 269 g/mol. The molecule has 0 aromatic heterocycles. The van der Waals surface area contributed by atoms with Crippen molar-refractivity contribution in [1.29, 1.82) is 0 Å². The maximum absolute atomic E-state index is 5.61. The van der Waals surface area contributed by atoms with Crippen LogP contribution in [0.3, 0.4) is 0 Å². The Morgan fingerprint density at radius 1 is 1.06 bits per heavy atom. The molecular weight excluding hydrogens is 242 g/mol. The Labute approximate surface area is 117 Å². The summed E-state index contributed by atoms with van der Waals surface area (Å²) in [6, 6.07) is 0.815. The Kier molecular flexibility index (Phi) is 4.98. The minimum atomic E-state index is 0.628. The number of thiocarbonyl (C=S) groups is 1. The fraction of sp³-hybridized carbons (Fsp3) is 0.929. The molecule has 3 nitrogen and oxygen atoms in total. The van der Waals surface area contributed by atoms with E-state index in [4.69, 9.17) is 18.0 Å². The molecule has 0 spiro atoms. The smallest absolute Gasteiger partial charge is 0.0870 e. The predicted octanol–water partition coefficient (Wildman–Crippen LogP) is 1.71. The van der Waals surface area contributed by atoms with E-state index in [2.05, 4.69) is 23.6 Å². The van der Waals surface area contributed by atoms with E-state index < -0.39 is 0 Å². The Morgan fingerprint density at radius 3 is 2.11 bits per heavy atom. The molecule has 1 heterocycles. The Hall–Kier alpha value is -0.190. The van der Waals surface area contributed by atoms with Gasteiger partial charge in [0.1, 0.15) is 0 Å². The van der Waals surface area contributed by atoms with Crippen molar-refractivity contribution in [3.8, 4) is 0 Å². The number of hydrogen-bond acceptors (Lipinski definition) is 3. The summed E-state index contributed by atoms with van der Waals surface area (Å²) in [7, 11) is 0. The first-order valence-electron chi connectivity index (χ1n) is 7.29. The van der Waals surface area contributed by atoms with Crippen molar-refractivity contribution >= 4 is 17.2 Å². The first kappa shape index (κ1) is 14.2. The summed E-state index contributed by atoms with van der Waals surface area (Å²) < 4.78 is 0. The van der Waals surface area contributed by atoms with Crippen LogP contribution >= 0.6 is 12.2 Å². The summed E-state index contributed by atoms with van der Waals surface area (Å²) in [6.45, 7) is 10.2. The highest BCUT2D eigenvalue weighted by molar-refractivity contribution is 7.80. The van der Waals surface area contributed by atoms with E-state index in [0.717, 1.165) is 37.5 Å². The molecule has 18 heavy (non-hydrogen) atoms. The van der Waals surface area contributed by atoms with E-state index in [-0.39, 0.29) is 0 Å². The van der Waals surface area contributed by atoms with Gasteiger partial charge in [-0.3, -0.25) is 9.80 Å². The highest BCUT2D eigenvalue weighted by atomic mass is 32.1. The van der Waals surface area contributed by atoms with Crippen LogP contribution in [-0.4, -0.2) is 53.6 Å². The van der Waals surface area contributed by atoms with Gasteiger partial charge in [-0.2, -0.15) is 0 Å². The fourth-order valence-electron chi connectivity index (χ4n) is 3.71. The molecule has 2 unspecified atom stereocenters. The monoisotopic (exact) mass is 269 g/mol. The van der Waals surface area contributed by atoms with E-state index in [0.29, 0.717) is 4.99 Å². The van der Waals surface area contributed by atoms with E-state index in [9.17, 15) is 0 Å². The molecule has 0 bridgehead atoms. The number of nitrogens with two attached hydrogens (primary N) is 1. The Balaban J connectivity index is 1.80. The molecule has 0 amide bonds. The van der Waals surface area contributed by atoms with Crippen molar-refractivity contribution in [1.82, 2.24) is 9.80 Å². The second kappa shape index (κ2) is 6.31. The Bertz CT molecular complexity index is 277. The van der Waals surface area contributed by atoms with Crippen LogP contribution in [0, 0.1) is 11.8 Å². The van der Waals surface area contributed by atoms with Crippen LogP contribution in [0.4, 0.5) is 0 Å². The molecule has 2 N–H and O–H groups in total.